The van der Waals surface area contributed by atoms with Crippen molar-refractivity contribution in [3.8, 4) is 0 Å². The molecule has 0 saturated carbocycles. The molecule has 0 radical (unpaired) electrons. The molecule has 0 aromatic heterocycles. The van der Waals surface area contributed by atoms with Crippen LogP contribution in [0.15, 0.2) is 12.2 Å². The van der Waals surface area contributed by atoms with Crippen LogP contribution in [0.1, 0.15) is 138 Å². The maximum atomic E-state index is 12.9. The van der Waals surface area contributed by atoms with Gasteiger partial charge in [0.25, 0.3) is 0 Å². The number of unbranched alkanes of at least 4 members (excludes halogenated alkanes) is 12. The first kappa shape index (κ1) is 35.0. The number of carbonyl (C=O) groups excluding carboxylic acids is 3. The SMILES string of the molecule is CCCCCCCCCCCCCC/C=C\C[C@@H](C(=O)OC)N(C(=O)OC(C)(C)C)C(=O)OC(C)(C)C. The number of rotatable bonds is 17. The van der Waals surface area contributed by atoms with Crippen LogP contribution < -0.4 is 0 Å². The number of hydrogen-bond acceptors (Lipinski definition) is 6. The molecule has 37 heavy (non-hydrogen) atoms. The number of esters is 1. The second-order valence-electron chi connectivity index (χ2n) is 11.8. The molecule has 2 amide bonds. The highest BCUT2D eigenvalue weighted by Gasteiger charge is 2.40. The zero-order chi connectivity index (χ0) is 28.3. The Morgan fingerprint density at radius 2 is 1.08 bits per heavy atom. The number of amides is 2. The first-order valence-corrected chi connectivity index (χ1v) is 14.3. The number of ether oxygens (including phenoxy) is 3. The maximum absolute atomic E-state index is 12.9. The van der Waals surface area contributed by atoms with Gasteiger partial charge in [-0.1, -0.05) is 89.7 Å². The van der Waals surface area contributed by atoms with Crippen LogP contribution in [0.5, 0.6) is 0 Å². The van der Waals surface area contributed by atoms with Crippen LogP contribution in [0.25, 0.3) is 0 Å². The van der Waals surface area contributed by atoms with E-state index < -0.39 is 35.4 Å². The summed E-state index contributed by atoms with van der Waals surface area (Å²) in [5.74, 6) is -0.702. The summed E-state index contributed by atoms with van der Waals surface area (Å²) in [5, 5.41) is 0. The fraction of sp³-hybridized carbons (Fsp3) is 0.833. The monoisotopic (exact) mass is 525 g/mol. The predicted octanol–water partition coefficient (Wildman–Crippen LogP) is 8.74. The van der Waals surface area contributed by atoms with Gasteiger partial charge < -0.3 is 14.2 Å². The van der Waals surface area contributed by atoms with Gasteiger partial charge >= 0.3 is 18.2 Å². The first-order valence-electron chi connectivity index (χ1n) is 14.3. The van der Waals surface area contributed by atoms with Gasteiger partial charge in [0.05, 0.1) is 7.11 Å². The number of carbonyl (C=O) groups is 3. The molecule has 7 nitrogen and oxygen atoms in total. The average molecular weight is 526 g/mol. The van der Waals surface area contributed by atoms with Crippen LogP contribution in [0.3, 0.4) is 0 Å². The van der Waals surface area contributed by atoms with Gasteiger partial charge in [0.15, 0.2) is 0 Å². The molecule has 0 aliphatic heterocycles. The van der Waals surface area contributed by atoms with Crippen molar-refractivity contribution < 1.29 is 28.6 Å². The fourth-order valence-corrected chi connectivity index (χ4v) is 3.84. The van der Waals surface area contributed by atoms with Crippen LogP contribution in [0.4, 0.5) is 9.59 Å². The van der Waals surface area contributed by atoms with Gasteiger partial charge in [-0.15, -0.1) is 0 Å². The van der Waals surface area contributed by atoms with Crippen molar-refractivity contribution in [2.75, 3.05) is 7.11 Å². The maximum Gasteiger partial charge on any atom is 0.420 e. The Kier molecular flexibility index (Phi) is 18.0. The lowest BCUT2D eigenvalue weighted by Crippen LogP contribution is -2.52. The zero-order valence-electron chi connectivity index (χ0n) is 25.0. The number of nitrogens with zero attached hydrogens (tertiary/aromatic N) is 1. The summed E-state index contributed by atoms with van der Waals surface area (Å²) in [6.45, 7) is 12.4. The number of allylic oxidation sites excluding steroid dienone is 1. The Balaban J connectivity index is 4.70. The van der Waals surface area contributed by atoms with Gasteiger partial charge in [0.2, 0.25) is 0 Å². The van der Waals surface area contributed by atoms with Crippen LogP contribution in [-0.2, 0) is 19.0 Å². The summed E-state index contributed by atoms with van der Waals surface area (Å²) >= 11 is 0. The summed E-state index contributed by atoms with van der Waals surface area (Å²) in [6.07, 6.45) is 18.5. The third-order valence-corrected chi connectivity index (χ3v) is 5.72. The predicted molar refractivity (Wildman–Crippen MR) is 150 cm³/mol. The molecule has 0 aromatic carbocycles. The summed E-state index contributed by atoms with van der Waals surface area (Å²) in [4.78, 5) is 39.1. The molecule has 0 spiro atoms. The number of hydrogen-bond donors (Lipinski definition) is 0. The molecule has 0 N–H and O–H groups in total. The molecule has 0 saturated heterocycles. The highest BCUT2D eigenvalue weighted by Crippen LogP contribution is 2.20. The van der Waals surface area contributed by atoms with Gasteiger partial charge in [-0.3, -0.25) is 0 Å². The molecule has 0 aliphatic carbocycles. The highest BCUT2D eigenvalue weighted by atomic mass is 16.6. The van der Waals surface area contributed by atoms with Gasteiger partial charge in [0.1, 0.15) is 17.2 Å². The second-order valence-corrected chi connectivity index (χ2v) is 11.8. The minimum atomic E-state index is -1.17. The fourth-order valence-electron chi connectivity index (χ4n) is 3.84. The van der Waals surface area contributed by atoms with Crippen molar-refractivity contribution in [1.29, 1.82) is 0 Å². The van der Waals surface area contributed by atoms with E-state index >= 15 is 0 Å². The largest absolute Gasteiger partial charge is 0.467 e. The van der Waals surface area contributed by atoms with Gasteiger partial charge in [-0.25, -0.2) is 14.4 Å². The van der Waals surface area contributed by atoms with Crippen LogP contribution >= 0.6 is 0 Å². The van der Waals surface area contributed by atoms with Gasteiger partial charge in [0, 0.05) is 0 Å². The van der Waals surface area contributed by atoms with Crippen molar-refractivity contribution in [2.24, 2.45) is 0 Å². The molecule has 216 valence electrons. The van der Waals surface area contributed by atoms with Crippen LogP contribution in [0, 0.1) is 0 Å². The smallest absolute Gasteiger partial charge is 0.420 e. The lowest BCUT2D eigenvalue weighted by molar-refractivity contribution is -0.146. The number of methoxy groups -OCH3 is 1. The standard InChI is InChI=1S/C30H55NO6/c1-9-10-11-12-13-14-15-16-17-18-19-20-21-22-23-24-25(26(32)35-8)31(27(33)36-29(2,3)4)28(34)37-30(5,6)7/h22-23,25H,9-21,24H2,1-8H3/b23-22-/t25-/m0/s1. The molecule has 0 rings (SSSR count). The summed E-state index contributed by atoms with van der Waals surface area (Å²) in [5.41, 5.74) is -1.69. The first-order chi connectivity index (χ1) is 17.3. The van der Waals surface area contributed by atoms with Crippen molar-refractivity contribution in [3.63, 3.8) is 0 Å². The second kappa shape index (κ2) is 19.1. The highest BCUT2D eigenvalue weighted by molar-refractivity contribution is 5.94. The Morgan fingerprint density at radius 1 is 0.676 bits per heavy atom. The van der Waals surface area contributed by atoms with E-state index in [4.69, 9.17) is 14.2 Å². The van der Waals surface area contributed by atoms with Crippen LogP contribution in [0.2, 0.25) is 0 Å². The van der Waals surface area contributed by atoms with Crippen LogP contribution in [-0.4, -0.2) is 47.4 Å². The summed E-state index contributed by atoms with van der Waals surface area (Å²) in [6, 6.07) is -1.17. The van der Waals surface area contributed by atoms with E-state index in [9.17, 15) is 14.4 Å². The Hall–Kier alpha value is -2.05. The zero-order valence-corrected chi connectivity index (χ0v) is 25.0. The van der Waals surface area contributed by atoms with E-state index in [-0.39, 0.29) is 6.42 Å². The lowest BCUT2D eigenvalue weighted by atomic mass is 10.0. The van der Waals surface area contributed by atoms with Gasteiger partial charge in [-0.2, -0.15) is 4.90 Å². The Bertz CT molecular complexity index is 647. The Morgan fingerprint density at radius 3 is 1.46 bits per heavy atom. The molecule has 0 heterocycles. The molecule has 0 bridgehead atoms. The van der Waals surface area contributed by atoms with E-state index in [1.807, 2.05) is 12.2 Å². The topological polar surface area (TPSA) is 82.1 Å². The molecule has 0 fully saturated rings. The molecular formula is C30H55NO6. The van der Waals surface area contributed by atoms with E-state index in [1.165, 1.54) is 77.7 Å². The van der Waals surface area contributed by atoms with Crippen molar-refractivity contribution in [3.05, 3.63) is 12.2 Å². The minimum absolute atomic E-state index is 0.128. The average Bonchev–Trinajstić information content (AvgIpc) is 2.77. The van der Waals surface area contributed by atoms with Gasteiger partial charge in [-0.05, 0) is 60.8 Å². The molecule has 0 aliphatic rings. The molecule has 0 unspecified atom stereocenters. The molecule has 0 aromatic rings. The molecule has 7 heteroatoms. The molecule has 1 atom stereocenters. The van der Waals surface area contributed by atoms with E-state index in [0.717, 1.165) is 17.7 Å². The molecular weight excluding hydrogens is 470 g/mol. The van der Waals surface area contributed by atoms with Crippen molar-refractivity contribution >= 4 is 18.2 Å². The minimum Gasteiger partial charge on any atom is -0.467 e. The van der Waals surface area contributed by atoms with E-state index in [1.54, 1.807) is 41.5 Å². The summed E-state index contributed by atoms with van der Waals surface area (Å²) in [7, 11) is 1.23. The Labute approximate surface area is 226 Å². The lowest BCUT2D eigenvalue weighted by Gasteiger charge is -2.31. The van der Waals surface area contributed by atoms with E-state index in [0.29, 0.717) is 0 Å². The van der Waals surface area contributed by atoms with E-state index in [2.05, 4.69) is 6.92 Å². The normalized spacial score (nSPS) is 12.9. The number of imide groups is 1. The summed E-state index contributed by atoms with van der Waals surface area (Å²) < 4.78 is 15.7. The third-order valence-electron chi connectivity index (χ3n) is 5.72. The third kappa shape index (κ3) is 18.8. The van der Waals surface area contributed by atoms with Crippen molar-refractivity contribution in [2.45, 2.75) is 156 Å². The quantitative estimate of drug-likeness (QED) is 0.0817. The van der Waals surface area contributed by atoms with Crippen molar-refractivity contribution in [1.82, 2.24) is 4.90 Å².